The van der Waals surface area contributed by atoms with Gasteiger partial charge in [-0.25, -0.2) is 13.1 Å². The molecule has 0 bridgehead atoms. The topological polar surface area (TPSA) is 49.4 Å². The third kappa shape index (κ3) is 4.03. The maximum atomic E-state index is 11.5. The standard InChI is InChI=1S/C14H22N2O2S/c1-3-14-10-13(5-4-12(14)2)11-16-7-6-15-19(17,18)9-8-16/h4-5,10,15H,3,6-9,11H2,1-2H3. The molecule has 1 aliphatic rings. The number of benzene rings is 1. The van der Waals surface area contributed by atoms with E-state index in [-0.39, 0.29) is 5.75 Å². The van der Waals surface area contributed by atoms with Gasteiger partial charge in [-0.2, -0.15) is 0 Å². The maximum absolute atomic E-state index is 11.5. The Kier molecular flexibility index (Phi) is 4.60. The van der Waals surface area contributed by atoms with E-state index in [1.807, 2.05) is 0 Å². The molecule has 5 heteroatoms. The summed E-state index contributed by atoms with van der Waals surface area (Å²) in [6.07, 6.45) is 1.04. The first kappa shape index (κ1) is 14.5. The number of hydrogen-bond acceptors (Lipinski definition) is 3. The van der Waals surface area contributed by atoms with Crippen molar-refractivity contribution in [1.29, 1.82) is 0 Å². The summed E-state index contributed by atoms with van der Waals surface area (Å²) in [6.45, 7) is 7.00. The van der Waals surface area contributed by atoms with Gasteiger partial charge in [0.2, 0.25) is 10.0 Å². The first-order valence-corrected chi connectivity index (χ1v) is 8.43. The molecular weight excluding hydrogens is 260 g/mol. The molecule has 0 atom stereocenters. The van der Waals surface area contributed by atoms with E-state index in [0.29, 0.717) is 13.1 Å². The van der Waals surface area contributed by atoms with Crippen molar-refractivity contribution in [3.63, 3.8) is 0 Å². The molecule has 2 rings (SSSR count). The van der Waals surface area contributed by atoms with Gasteiger partial charge in [0, 0.05) is 26.2 Å². The number of hydrogen-bond donors (Lipinski definition) is 1. The molecule has 1 aromatic carbocycles. The van der Waals surface area contributed by atoms with Crippen LogP contribution in [0.1, 0.15) is 23.6 Å². The Hall–Kier alpha value is -0.910. The van der Waals surface area contributed by atoms with E-state index >= 15 is 0 Å². The summed E-state index contributed by atoms with van der Waals surface area (Å²) >= 11 is 0. The highest BCUT2D eigenvalue weighted by Gasteiger charge is 2.18. The summed E-state index contributed by atoms with van der Waals surface area (Å²) in [6, 6.07) is 6.53. The molecule has 0 unspecified atom stereocenters. The van der Waals surface area contributed by atoms with Gasteiger partial charge in [-0.1, -0.05) is 25.1 Å². The summed E-state index contributed by atoms with van der Waals surface area (Å²) in [5, 5.41) is 0. The molecule has 0 radical (unpaired) electrons. The Bertz CT molecular complexity index is 540. The minimum absolute atomic E-state index is 0.194. The fourth-order valence-corrected chi connectivity index (χ4v) is 3.46. The van der Waals surface area contributed by atoms with Crippen molar-refractivity contribution in [1.82, 2.24) is 9.62 Å². The second kappa shape index (κ2) is 6.03. The van der Waals surface area contributed by atoms with Crippen LogP contribution in [0.4, 0.5) is 0 Å². The van der Waals surface area contributed by atoms with E-state index in [2.05, 4.69) is 41.7 Å². The predicted octanol–water partition coefficient (Wildman–Crippen LogP) is 1.29. The van der Waals surface area contributed by atoms with Crippen LogP contribution in [0.2, 0.25) is 0 Å². The van der Waals surface area contributed by atoms with Crippen LogP contribution >= 0.6 is 0 Å². The normalized spacial score (nSPS) is 20.1. The smallest absolute Gasteiger partial charge is 0.212 e. The van der Waals surface area contributed by atoms with Crippen LogP contribution in [0.15, 0.2) is 18.2 Å². The van der Waals surface area contributed by atoms with Gasteiger partial charge in [0.1, 0.15) is 0 Å². The third-order valence-corrected chi connectivity index (χ3v) is 4.99. The highest BCUT2D eigenvalue weighted by Crippen LogP contribution is 2.14. The molecule has 1 aliphatic heterocycles. The van der Waals surface area contributed by atoms with Crippen LogP contribution in [-0.4, -0.2) is 38.7 Å². The zero-order valence-corrected chi connectivity index (χ0v) is 12.5. The van der Waals surface area contributed by atoms with Gasteiger partial charge in [-0.3, -0.25) is 4.90 Å². The fraction of sp³-hybridized carbons (Fsp3) is 0.571. The molecule has 0 spiro atoms. The lowest BCUT2D eigenvalue weighted by Gasteiger charge is -2.19. The second-order valence-corrected chi connectivity index (χ2v) is 7.03. The van der Waals surface area contributed by atoms with E-state index in [4.69, 9.17) is 0 Å². The monoisotopic (exact) mass is 282 g/mol. The average Bonchev–Trinajstić information content (AvgIpc) is 2.53. The lowest BCUT2D eigenvalue weighted by atomic mass is 10.0. The van der Waals surface area contributed by atoms with Crippen molar-refractivity contribution >= 4 is 10.0 Å². The number of nitrogens with one attached hydrogen (secondary N) is 1. The first-order chi connectivity index (χ1) is 9.00. The Morgan fingerprint density at radius 1 is 1.32 bits per heavy atom. The highest BCUT2D eigenvalue weighted by molar-refractivity contribution is 7.89. The molecular formula is C14H22N2O2S. The molecule has 1 fully saturated rings. The van der Waals surface area contributed by atoms with Crippen molar-refractivity contribution in [2.75, 3.05) is 25.4 Å². The molecule has 4 nitrogen and oxygen atoms in total. The molecule has 0 aliphatic carbocycles. The van der Waals surface area contributed by atoms with Crippen LogP contribution in [0.25, 0.3) is 0 Å². The van der Waals surface area contributed by atoms with Gasteiger partial charge in [0.25, 0.3) is 0 Å². The van der Waals surface area contributed by atoms with Crippen LogP contribution in [0.3, 0.4) is 0 Å². The van der Waals surface area contributed by atoms with Crippen molar-refractivity contribution in [2.24, 2.45) is 0 Å². The zero-order valence-electron chi connectivity index (χ0n) is 11.6. The minimum Gasteiger partial charge on any atom is -0.297 e. The van der Waals surface area contributed by atoms with Crippen LogP contribution in [0, 0.1) is 6.92 Å². The van der Waals surface area contributed by atoms with Crippen LogP contribution in [0.5, 0.6) is 0 Å². The second-order valence-electron chi connectivity index (χ2n) is 5.10. The number of nitrogens with zero attached hydrogens (tertiary/aromatic N) is 1. The lowest BCUT2D eigenvalue weighted by molar-refractivity contribution is 0.292. The summed E-state index contributed by atoms with van der Waals surface area (Å²) in [4.78, 5) is 2.20. The van der Waals surface area contributed by atoms with Gasteiger partial charge in [-0.05, 0) is 30.0 Å². The van der Waals surface area contributed by atoms with Crippen LogP contribution in [-0.2, 0) is 23.0 Å². The summed E-state index contributed by atoms with van der Waals surface area (Å²) in [5.74, 6) is 0.194. The van der Waals surface area contributed by atoms with Gasteiger partial charge >= 0.3 is 0 Å². The van der Waals surface area contributed by atoms with E-state index in [0.717, 1.165) is 19.5 Å². The minimum atomic E-state index is -3.06. The molecule has 106 valence electrons. The molecule has 1 saturated heterocycles. The third-order valence-electron chi connectivity index (χ3n) is 3.63. The fourth-order valence-electron chi connectivity index (χ4n) is 2.41. The molecule has 1 heterocycles. The zero-order chi connectivity index (χ0) is 13.9. The lowest BCUT2D eigenvalue weighted by Crippen LogP contribution is -2.28. The van der Waals surface area contributed by atoms with Gasteiger partial charge in [0.15, 0.2) is 0 Å². The quantitative estimate of drug-likeness (QED) is 0.909. The largest absolute Gasteiger partial charge is 0.297 e. The average molecular weight is 282 g/mol. The Morgan fingerprint density at radius 2 is 2.11 bits per heavy atom. The Balaban J connectivity index is 2.05. The predicted molar refractivity (Wildman–Crippen MR) is 77.6 cm³/mol. The molecule has 0 saturated carbocycles. The number of sulfonamides is 1. The SMILES string of the molecule is CCc1cc(CN2CCNS(=O)(=O)CC2)ccc1C. The maximum Gasteiger partial charge on any atom is 0.212 e. The summed E-state index contributed by atoms with van der Waals surface area (Å²) in [7, 11) is -3.06. The van der Waals surface area contributed by atoms with Crippen molar-refractivity contribution in [2.45, 2.75) is 26.8 Å². The van der Waals surface area contributed by atoms with Crippen molar-refractivity contribution < 1.29 is 8.42 Å². The summed E-state index contributed by atoms with van der Waals surface area (Å²) in [5.41, 5.74) is 3.96. The number of aryl methyl sites for hydroxylation is 2. The molecule has 1 N–H and O–H groups in total. The van der Waals surface area contributed by atoms with E-state index in [9.17, 15) is 8.42 Å². The van der Waals surface area contributed by atoms with Gasteiger partial charge in [-0.15, -0.1) is 0 Å². The molecule has 1 aromatic rings. The van der Waals surface area contributed by atoms with E-state index in [1.54, 1.807) is 0 Å². The molecule has 19 heavy (non-hydrogen) atoms. The van der Waals surface area contributed by atoms with E-state index in [1.165, 1.54) is 16.7 Å². The molecule has 0 amide bonds. The highest BCUT2D eigenvalue weighted by atomic mass is 32.2. The summed E-state index contributed by atoms with van der Waals surface area (Å²) < 4.78 is 25.6. The Labute approximate surface area is 115 Å². The number of rotatable bonds is 3. The van der Waals surface area contributed by atoms with Gasteiger partial charge < -0.3 is 0 Å². The van der Waals surface area contributed by atoms with Crippen molar-refractivity contribution in [3.8, 4) is 0 Å². The molecule has 0 aromatic heterocycles. The van der Waals surface area contributed by atoms with Gasteiger partial charge in [0.05, 0.1) is 5.75 Å². The van der Waals surface area contributed by atoms with Crippen LogP contribution < -0.4 is 4.72 Å². The van der Waals surface area contributed by atoms with E-state index < -0.39 is 10.0 Å². The van der Waals surface area contributed by atoms with Crippen molar-refractivity contribution in [3.05, 3.63) is 34.9 Å². The first-order valence-electron chi connectivity index (χ1n) is 6.78. The Morgan fingerprint density at radius 3 is 2.84 bits per heavy atom.